The highest BCUT2D eigenvalue weighted by Gasteiger charge is 2.27. The van der Waals surface area contributed by atoms with Crippen LogP contribution in [0.1, 0.15) is 50.6 Å². The predicted octanol–water partition coefficient (Wildman–Crippen LogP) is 1.53. The lowest BCUT2D eigenvalue weighted by Crippen LogP contribution is -2.44. The van der Waals surface area contributed by atoms with E-state index in [0.29, 0.717) is 19.0 Å². The Bertz CT molecular complexity index is 565. The average Bonchev–Trinajstić information content (AvgIpc) is 3.30. The van der Waals surface area contributed by atoms with Crippen LogP contribution in [0.15, 0.2) is 12.3 Å². The number of amides is 2. The Morgan fingerprint density at radius 3 is 2.91 bits per heavy atom. The van der Waals surface area contributed by atoms with Crippen molar-refractivity contribution >= 4 is 11.8 Å². The van der Waals surface area contributed by atoms with Crippen LogP contribution in [-0.2, 0) is 16.1 Å². The summed E-state index contributed by atoms with van der Waals surface area (Å²) in [6, 6.07) is 2.11. The van der Waals surface area contributed by atoms with E-state index in [1.54, 1.807) is 11.8 Å². The van der Waals surface area contributed by atoms with E-state index in [1.165, 1.54) is 18.5 Å². The molecule has 1 aromatic heterocycles. The molecule has 1 aromatic rings. The van der Waals surface area contributed by atoms with Gasteiger partial charge in [-0.3, -0.25) is 14.3 Å². The number of aromatic nitrogens is 2. The number of nitrogens with zero attached hydrogens (tertiary/aromatic N) is 3. The van der Waals surface area contributed by atoms with Crippen molar-refractivity contribution in [2.75, 3.05) is 19.6 Å². The van der Waals surface area contributed by atoms with Crippen LogP contribution in [0.4, 0.5) is 0 Å². The number of carbonyl (C=O) groups excluding carboxylic acids is 2. The molecule has 2 aliphatic rings. The Labute approximate surface area is 137 Å². The molecule has 0 spiro atoms. The minimum atomic E-state index is -0.0561. The Morgan fingerprint density at radius 1 is 1.35 bits per heavy atom. The first-order chi connectivity index (χ1) is 11.1. The molecular formula is C17H26N4O2. The number of nitrogens with one attached hydrogen (secondary N) is 1. The van der Waals surface area contributed by atoms with Gasteiger partial charge in [0.05, 0.1) is 5.92 Å². The normalized spacial score (nSPS) is 21.3. The van der Waals surface area contributed by atoms with Crippen molar-refractivity contribution in [3.8, 4) is 0 Å². The highest BCUT2D eigenvalue weighted by Crippen LogP contribution is 2.39. The van der Waals surface area contributed by atoms with Crippen LogP contribution in [0, 0.1) is 5.92 Å². The maximum atomic E-state index is 12.2. The number of piperidine rings is 1. The third kappa shape index (κ3) is 4.12. The number of aryl methyl sites for hydroxylation is 1. The number of likely N-dealkylation sites (tertiary alicyclic amines) is 1. The Morgan fingerprint density at radius 2 is 2.17 bits per heavy atom. The molecule has 0 aromatic carbocycles. The highest BCUT2D eigenvalue weighted by atomic mass is 16.2. The van der Waals surface area contributed by atoms with Gasteiger partial charge in [0.1, 0.15) is 0 Å². The molecule has 1 saturated heterocycles. The fraction of sp³-hybridized carbons (Fsp3) is 0.706. The van der Waals surface area contributed by atoms with Crippen molar-refractivity contribution in [3.05, 3.63) is 18.0 Å². The van der Waals surface area contributed by atoms with Crippen LogP contribution in [0.25, 0.3) is 0 Å². The second kappa shape index (κ2) is 7.15. The summed E-state index contributed by atoms with van der Waals surface area (Å²) in [5.74, 6) is 0.791. The van der Waals surface area contributed by atoms with E-state index in [-0.39, 0.29) is 17.7 Å². The van der Waals surface area contributed by atoms with Crippen molar-refractivity contribution in [3.63, 3.8) is 0 Å². The minimum absolute atomic E-state index is 0.0561. The zero-order valence-electron chi connectivity index (χ0n) is 13.8. The fourth-order valence-corrected chi connectivity index (χ4v) is 3.32. The lowest BCUT2D eigenvalue weighted by atomic mass is 9.97. The second-order valence-electron chi connectivity index (χ2n) is 6.70. The topological polar surface area (TPSA) is 67.2 Å². The van der Waals surface area contributed by atoms with Gasteiger partial charge in [0, 0.05) is 50.9 Å². The van der Waals surface area contributed by atoms with Crippen molar-refractivity contribution in [2.24, 2.45) is 5.92 Å². The Balaban J connectivity index is 1.39. The first-order valence-corrected chi connectivity index (χ1v) is 8.70. The van der Waals surface area contributed by atoms with Gasteiger partial charge in [0.2, 0.25) is 11.8 Å². The zero-order valence-corrected chi connectivity index (χ0v) is 13.8. The zero-order chi connectivity index (χ0) is 16.2. The van der Waals surface area contributed by atoms with E-state index in [2.05, 4.69) is 21.2 Å². The molecule has 2 amide bonds. The molecule has 0 radical (unpaired) electrons. The van der Waals surface area contributed by atoms with Gasteiger partial charge >= 0.3 is 0 Å². The lowest BCUT2D eigenvalue weighted by Gasteiger charge is -2.31. The van der Waals surface area contributed by atoms with Gasteiger partial charge in [0.25, 0.3) is 0 Å². The molecule has 1 aliphatic carbocycles. The quantitative estimate of drug-likeness (QED) is 0.809. The van der Waals surface area contributed by atoms with E-state index >= 15 is 0 Å². The van der Waals surface area contributed by atoms with Crippen LogP contribution in [0.2, 0.25) is 0 Å². The van der Waals surface area contributed by atoms with Gasteiger partial charge < -0.3 is 10.2 Å². The van der Waals surface area contributed by atoms with E-state index in [4.69, 9.17) is 0 Å². The van der Waals surface area contributed by atoms with Crippen LogP contribution in [0.3, 0.4) is 0 Å². The minimum Gasteiger partial charge on any atom is -0.356 e. The molecule has 6 nitrogen and oxygen atoms in total. The van der Waals surface area contributed by atoms with Crippen LogP contribution in [0.5, 0.6) is 0 Å². The highest BCUT2D eigenvalue weighted by molar-refractivity contribution is 5.80. The van der Waals surface area contributed by atoms with Crippen molar-refractivity contribution in [2.45, 2.75) is 51.5 Å². The Hall–Kier alpha value is -1.85. The van der Waals surface area contributed by atoms with Crippen LogP contribution >= 0.6 is 0 Å². The summed E-state index contributed by atoms with van der Waals surface area (Å²) in [4.78, 5) is 25.5. The number of carbonyl (C=O) groups is 2. The monoisotopic (exact) mass is 318 g/mol. The molecule has 0 bridgehead atoms. The molecular weight excluding hydrogens is 292 g/mol. The third-order valence-corrected chi connectivity index (χ3v) is 4.83. The number of hydrogen-bond acceptors (Lipinski definition) is 3. The molecule has 2 fully saturated rings. The van der Waals surface area contributed by atoms with E-state index in [0.717, 1.165) is 32.4 Å². The molecule has 2 heterocycles. The van der Waals surface area contributed by atoms with Gasteiger partial charge in [-0.05, 0) is 38.2 Å². The van der Waals surface area contributed by atoms with Crippen molar-refractivity contribution in [1.82, 2.24) is 20.0 Å². The molecule has 1 aliphatic heterocycles. The molecule has 3 rings (SSSR count). The molecule has 6 heteroatoms. The largest absolute Gasteiger partial charge is 0.356 e. The SMILES string of the molecule is CC(=O)N1CCC[C@H](C(=O)NCCCn2nccc2C2CC2)C1. The molecule has 126 valence electrons. The molecule has 0 unspecified atom stereocenters. The molecule has 23 heavy (non-hydrogen) atoms. The fourth-order valence-electron chi connectivity index (χ4n) is 3.32. The van der Waals surface area contributed by atoms with Gasteiger partial charge in [-0.25, -0.2) is 0 Å². The molecule has 1 saturated carbocycles. The summed E-state index contributed by atoms with van der Waals surface area (Å²) in [7, 11) is 0. The summed E-state index contributed by atoms with van der Waals surface area (Å²) in [5.41, 5.74) is 1.33. The summed E-state index contributed by atoms with van der Waals surface area (Å²) in [6.07, 6.45) is 7.09. The first-order valence-electron chi connectivity index (χ1n) is 8.70. The Kier molecular flexibility index (Phi) is 4.98. The maximum absolute atomic E-state index is 12.2. The number of hydrogen-bond donors (Lipinski definition) is 1. The van der Waals surface area contributed by atoms with E-state index < -0.39 is 0 Å². The average molecular weight is 318 g/mol. The van der Waals surface area contributed by atoms with Gasteiger partial charge in [-0.1, -0.05) is 0 Å². The smallest absolute Gasteiger partial charge is 0.224 e. The first kappa shape index (κ1) is 16.0. The van der Waals surface area contributed by atoms with E-state index in [1.807, 2.05) is 6.20 Å². The maximum Gasteiger partial charge on any atom is 0.224 e. The summed E-state index contributed by atoms with van der Waals surface area (Å²) >= 11 is 0. The molecule has 1 N–H and O–H groups in total. The van der Waals surface area contributed by atoms with Crippen LogP contribution in [-0.4, -0.2) is 46.1 Å². The molecule has 1 atom stereocenters. The predicted molar refractivity (Wildman–Crippen MR) is 86.8 cm³/mol. The lowest BCUT2D eigenvalue weighted by molar-refractivity contribution is -0.133. The number of rotatable bonds is 6. The van der Waals surface area contributed by atoms with Gasteiger partial charge in [0.15, 0.2) is 0 Å². The summed E-state index contributed by atoms with van der Waals surface area (Å²) in [5, 5.41) is 7.39. The second-order valence-corrected chi connectivity index (χ2v) is 6.70. The van der Waals surface area contributed by atoms with Crippen molar-refractivity contribution in [1.29, 1.82) is 0 Å². The standard InChI is InChI=1S/C17H26N4O2/c1-13(22)20-10-2-4-15(12-20)17(23)18-8-3-11-21-16(7-9-19-21)14-5-6-14/h7,9,14-15H,2-6,8,10-12H2,1H3,(H,18,23)/t15-/m0/s1. The van der Waals surface area contributed by atoms with Crippen LogP contribution < -0.4 is 5.32 Å². The third-order valence-electron chi connectivity index (χ3n) is 4.83. The van der Waals surface area contributed by atoms with Gasteiger partial charge in [-0.2, -0.15) is 5.10 Å². The van der Waals surface area contributed by atoms with Gasteiger partial charge in [-0.15, -0.1) is 0 Å². The van der Waals surface area contributed by atoms with E-state index in [9.17, 15) is 9.59 Å². The van der Waals surface area contributed by atoms with Crippen molar-refractivity contribution < 1.29 is 9.59 Å². The summed E-state index contributed by atoms with van der Waals surface area (Å²) < 4.78 is 2.07. The summed E-state index contributed by atoms with van der Waals surface area (Å²) in [6.45, 7) is 4.43.